The maximum Gasteiger partial charge on any atom is 0.0237 e. The SMILES string of the molecule is CCC1CN(C)CCCN1Cc1ccc(I)cc1. The first-order valence-electron chi connectivity index (χ1n) is 6.86. The molecule has 0 N–H and O–H groups in total. The van der Waals surface area contributed by atoms with E-state index in [0.29, 0.717) is 6.04 Å². The molecule has 1 aromatic rings. The van der Waals surface area contributed by atoms with Crippen LogP contribution in [0.15, 0.2) is 24.3 Å². The molecule has 100 valence electrons. The summed E-state index contributed by atoms with van der Waals surface area (Å²) < 4.78 is 1.32. The van der Waals surface area contributed by atoms with Gasteiger partial charge in [0.25, 0.3) is 0 Å². The van der Waals surface area contributed by atoms with Gasteiger partial charge in [0.15, 0.2) is 0 Å². The molecule has 1 unspecified atom stereocenters. The van der Waals surface area contributed by atoms with E-state index in [0.717, 1.165) is 6.54 Å². The van der Waals surface area contributed by atoms with Crippen LogP contribution in [0.3, 0.4) is 0 Å². The Bertz CT molecular complexity index is 363. The summed E-state index contributed by atoms with van der Waals surface area (Å²) in [4.78, 5) is 5.13. The summed E-state index contributed by atoms with van der Waals surface area (Å²) in [6.07, 6.45) is 2.53. The predicted molar refractivity (Wildman–Crippen MR) is 85.8 cm³/mol. The van der Waals surface area contributed by atoms with E-state index in [2.05, 4.69) is 70.6 Å². The fraction of sp³-hybridized carbons (Fsp3) is 0.600. The Hall–Kier alpha value is -0.130. The molecule has 3 heteroatoms. The summed E-state index contributed by atoms with van der Waals surface area (Å²) in [6, 6.07) is 9.66. The van der Waals surface area contributed by atoms with E-state index in [1.54, 1.807) is 0 Å². The summed E-state index contributed by atoms with van der Waals surface area (Å²) in [5.74, 6) is 0. The maximum atomic E-state index is 2.66. The van der Waals surface area contributed by atoms with Gasteiger partial charge in [0, 0.05) is 29.2 Å². The highest BCUT2D eigenvalue weighted by molar-refractivity contribution is 14.1. The normalized spacial score (nSPS) is 22.9. The van der Waals surface area contributed by atoms with E-state index < -0.39 is 0 Å². The van der Waals surface area contributed by atoms with E-state index in [1.807, 2.05) is 0 Å². The number of hydrogen-bond donors (Lipinski definition) is 0. The Morgan fingerprint density at radius 3 is 2.61 bits per heavy atom. The molecular formula is C15H23IN2. The lowest BCUT2D eigenvalue weighted by Gasteiger charge is -2.30. The molecule has 0 aromatic heterocycles. The molecule has 0 amide bonds. The van der Waals surface area contributed by atoms with Crippen LogP contribution in [0.25, 0.3) is 0 Å². The third kappa shape index (κ3) is 3.93. The van der Waals surface area contributed by atoms with Crippen molar-refractivity contribution in [3.8, 4) is 0 Å². The van der Waals surface area contributed by atoms with Crippen LogP contribution in [-0.2, 0) is 6.54 Å². The van der Waals surface area contributed by atoms with Crippen LogP contribution >= 0.6 is 22.6 Å². The molecule has 1 aliphatic rings. The average Bonchev–Trinajstić information content (AvgIpc) is 2.54. The zero-order valence-corrected chi connectivity index (χ0v) is 13.6. The highest BCUT2D eigenvalue weighted by atomic mass is 127. The molecular weight excluding hydrogens is 335 g/mol. The molecule has 18 heavy (non-hydrogen) atoms. The van der Waals surface area contributed by atoms with Crippen molar-refractivity contribution < 1.29 is 0 Å². The van der Waals surface area contributed by atoms with Gasteiger partial charge < -0.3 is 4.90 Å². The standard InChI is InChI=1S/C15H23IN2/c1-3-15-12-17(2)9-4-10-18(15)11-13-5-7-14(16)8-6-13/h5-8,15H,3-4,9-12H2,1-2H3. The molecule has 1 aliphatic heterocycles. The Morgan fingerprint density at radius 1 is 1.22 bits per heavy atom. The fourth-order valence-corrected chi connectivity index (χ4v) is 3.07. The molecule has 0 saturated carbocycles. The minimum absolute atomic E-state index is 0.705. The summed E-state index contributed by atoms with van der Waals surface area (Å²) in [7, 11) is 2.25. The molecule has 2 nitrogen and oxygen atoms in total. The maximum absolute atomic E-state index is 2.66. The van der Waals surface area contributed by atoms with E-state index >= 15 is 0 Å². The molecule has 0 bridgehead atoms. The smallest absolute Gasteiger partial charge is 0.0237 e. The lowest BCUT2D eigenvalue weighted by atomic mass is 10.1. The lowest BCUT2D eigenvalue weighted by Crippen LogP contribution is -2.39. The van der Waals surface area contributed by atoms with Crippen LogP contribution in [0.5, 0.6) is 0 Å². The van der Waals surface area contributed by atoms with Crippen molar-refractivity contribution in [3.05, 3.63) is 33.4 Å². The zero-order valence-electron chi connectivity index (χ0n) is 11.4. The average molecular weight is 358 g/mol. The molecule has 1 saturated heterocycles. The van der Waals surface area contributed by atoms with Gasteiger partial charge in [-0.2, -0.15) is 0 Å². The monoisotopic (exact) mass is 358 g/mol. The van der Waals surface area contributed by atoms with Gasteiger partial charge in [-0.15, -0.1) is 0 Å². The minimum atomic E-state index is 0.705. The van der Waals surface area contributed by atoms with Gasteiger partial charge in [-0.3, -0.25) is 4.90 Å². The molecule has 1 fully saturated rings. The zero-order chi connectivity index (χ0) is 13.0. The van der Waals surface area contributed by atoms with Crippen LogP contribution in [0.4, 0.5) is 0 Å². The van der Waals surface area contributed by atoms with Crippen molar-refractivity contribution in [2.45, 2.75) is 32.4 Å². The number of rotatable bonds is 3. The second kappa shape index (κ2) is 6.87. The summed E-state index contributed by atoms with van der Waals surface area (Å²) in [5.41, 5.74) is 1.44. The minimum Gasteiger partial charge on any atom is -0.305 e. The van der Waals surface area contributed by atoms with Crippen LogP contribution in [0.1, 0.15) is 25.3 Å². The first-order chi connectivity index (χ1) is 8.69. The van der Waals surface area contributed by atoms with Gasteiger partial charge in [0.2, 0.25) is 0 Å². The topological polar surface area (TPSA) is 6.48 Å². The van der Waals surface area contributed by atoms with E-state index in [1.165, 1.54) is 41.6 Å². The summed E-state index contributed by atoms with van der Waals surface area (Å²) >= 11 is 2.37. The third-order valence-electron chi connectivity index (χ3n) is 3.79. The Labute approximate surface area is 124 Å². The highest BCUT2D eigenvalue weighted by Crippen LogP contribution is 2.16. The van der Waals surface area contributed by atoms with Crippen molar-refractivity contribution in [2.75, 3.05) is 26.7 Å². The van der Waals surface area contributed by atoms with Crippen molar-refractivity contribution in [1.29, 1.82) is 0 Å². The van der Waals surface area contributed by atoms with Crippen LogP contribution in [0.2, 0.25) is 0 Å². The molecule has 1 aromatic carbocycles. The molecule has 0 radical (unpaired) electrons. The van der Waals surface area contributed by atoms with Crippen molar-refractivity contribution in [2.24, 2.45) is 0 Å². The summed E-state index contributed by atoms with van der Waals surface area (Å²) in [6.45, 7) is 7.09. The second-order valence-corrected chi connectivity index (χ2v) is 6.52. The van der Waals surface area contributed by atoms with Crippen molar-refractivity contribution >= 4 is 22.6 Å². The Morgan fingerprint density at radius 2 is 1.94 bits per heavy atom. The fourth-order valence-electron chi connectivity index (χ4n) is 2.71. The van der Waals surface area contributed by atoms with Crippen molar-refractivity contribution in [3.63, 3.8) is 0 Å². The van der Waals surface area contributed by atoms with Crippen molar-refractivity contribution in [1.82, 2.24) is 9.80 Å². The van der Waals surface area contributed by atoms with Crippen LogP contribution in [0, 0.1) is 3.57 Å². The summed E-state index contributed by atoms with van der Waals surface area (Å²) in [5, 5.41) is 0. The molecule has 0 aliphatic carbocycles. The number of benzene rings is 1. The molecule has 1 atom stereocenters. The first kappa shape index (κ1) is 14.3. The second-order valence-electron chi connectivity index (χ2n) is 5.27. The van der Waals surface area contributed by atoms with E-state index in [4.69, 9.17) is 0 Å². The van der Waals surface area contributed by atoms with Gasteiger partial charge >= 0.3 is 0 Å². The van der Waals surface area contributed by atoms with Crippen LogP contribution in [-0.4, -0.2) is 42.5 Å². The Kier molecular flexibility index (Phi) is 5.45. The first-order valence-corrected chi connectivity index (χ1v) is 7.94. The van der Waals surface area contributed by atoms with Gasteiger partial charge in [0.1, 0.15) is 0 Å². The van der Waals surface area contributed by atoms with Gasteiger partial charge in [0.05, 0.1) is 0 Å². The van der Waals surface area contributed by atoms with E-state index in [-0.39, 0.29) is 0 Å². The predicted octanol–water partition coefficient (Wildman–Crippen LogP) is 3.21. The third-order valence-corrected chi connectivity index (χ3v) is 4.51. The van der Waals surface area contributed by atoms with E-state index in [9.17, 15) is 0 Å². The molecule has 2 rings (SSSR count). The number of hydrogen-bond acceptors (Lipinski definition) is 2. The molecule has 1 heterocycles. The highest BCUT2D eigenvalue weighted by Gasteiger charge is 2.21. The van der Waals surface area contributed by atoms with Gasteiger partial charge in [-0.25, -0.2) is 0 Å². The van der Waals surface area contributed by atoms with Gasteiger partial charge in [-0.1, -0.05) is 19.1 Å². The Balaban J connectivity index is 2.03. The molecule has 0 spiro atoms. The quantitative estimate of drug-likeness (QED) is 0.766. The lowest BCUT2D eigenvalue weighted by molar-refractivity contribution is 0.176. The largest absolute Gasteiger partial charge is 0.305 e. The van der Waals surface area contributed by atoms with Gasteiger partial charge in [-0.05, 0) is 66.7 Å². The van der Waals surface area contributed by atoms with Crippen LogP contribution < -0.4 is 0 Å². The number of likely N-dealkylation sites (N-methyl/N-ethyl adjacent to an activating group) is 1. The number of halogens is 1. The number of nitrogens with zero attached hydrogens (tertiary/aromatic N) is 2.